The number of aromatic amines is 1. The Morgan fingerprint density at radius 1 is 1.18 bits per heavy atom. The molecule has 3 aromatic rings. The first-order valence-corrected chi connectivity index (χ1v) is 9.90. The number of benzene rings is 2. The van der Waals surface area contributed by atoms with Crippen molar-refractivity contribution in [2.75, 3.05) is 0 Å². The van der Waals surface area contributed by atoms with Crippen LogP contribution in [0.1, 0.15) is 50.8 Å². The molecule has 1 aliphatic carbocycles. The van der Waals surface area contributed by atoms with Gasteiger partial charge < -0.3 is 10.3 Å². The molecule has 1 atom stereocenters. The van der Waals surface area contributed by atoms with E-state index in [9.17, 15) is 9.59 Å². The Morgan fingerprint density at radius 2 is 1.96 bits per heavy atom. The molecule has 6 heteroatoms. The predicted octanol–water partition coefficient (Wildman–Crippen LogP) is 3.74. The predicted molar refractivity (Wildman–Crippen MR) is 109 cm³/mol. The molecular formula is C22H24N4O2. The number of amides is 1. The minimum atomic E-state index is -0.426. The number of fused-ring (bicyclic) bond motifs is 1. The van der Waals surface area contributed by atoms with Crippen molar-refractivity contribution in [3.63, 3.8) is 0 Å². The summed E-state index contributed by atoms with van der Waals surface area (Å²) < 4.78 is 0. The SMILES string of the molecule is CCC(NC(=O)CC1CCC1)c1nnc(-c2cccc3ccccc23)[nH]c1=O. The Kier molecular flexibility index (Phi) is 5.19. The summed E-state index contributed by atoms with van der Waals surface area (Å²) in [4.78, 5) is 27.8. The molecule has 2 aromatic carbocycles. The van der Waals surface area contributed by atoms with Gasteiger partial charge in [0.15, 0.2) is 11.5 Å². The lowest BCUT2D eigenvalue weighted by Crippen LogP contribution is -2.35. The number of hydrogen-bond acceptors (Lipinski definition) is 4. The van der Waals surface area contributed by atoms with Gasteiger partial charge in [0.05, 0.1) is 6.04 Å². The molecule has 0 bridgehead atoms. The van der Waals surface area contributed by atoms with Crippen LogP contribution in [0.15, 0.2) is 47.3 Å². The van der Waals surface area contributed by atoms with Crippen molar-refractivity contribution in [3.8, 4) is 11.4 Å². The van der Waals surface area contributed by atoms with E-state index in [2.05, 4.69) is 20.5 Å². The molecular weight excluding hydrogens is 352 g/mol. The molecule has 1 amide bonds. The molecule has 6 nitrogen and oxygen atoms in total. The molecule has 0 spiro atoms. The van der Waals surface area contributed by atoms with Crippen molar-refractivity contribution in [1.82, 2.24) is 20.5 Å². The molecule has 1 fully saturated rings. The van der Waals surface area contributed by atoms with Crippen LogP contribution in [-0.2, 0) is 4.79 Å². The third kappa shape index (κ3) is 3.67. The summed E-state index contributed by atoms with van der Waals surface area (Å²) in [6.07, 6.45) is 4.54. The summed E-state index contributed by atoms with van der Waals surface area (Å²) >= 11 is 0. The second kappa shape index (κ2) is 7.92. The van der Waals surface area contributed by atoms with Crippen LogP contribution in [-0.4, -0.2) is 21.1 Å². The molecule has 0 saturated heterocycles. The van der Waals surface area contributed by atoms with Crippen molar-refractivity contribution >= 4 is 16.7 Å². The fourth-order valence-electron chi connectivity index (χ4n) is 3.70. The normalized spacial score (nSPS) is 15.2. The third-order valence-electron chi connectivity index (χ3n) is 5.54. The molecule has 1 unspecified atom stereocenters. The van der Waals surface area contributed by atoms with Crippen molar-refractivity contribution in [2.45, 2.75) is 45.1 Å². The Labute approximate surface area is 163 Å². The van der Waals surface area contributed by atoms with Crippen molar-refractivity contribution in [3.05, 3.63) is 58.5 Å². The molecule has 1 aliphatic rings. The van der Waals surface area contributed by atoms with E-state index in [1.54, 1.807) is 0 Å². The fraction of sp³-hybridized carbons (Fsp3) is 0.364. The second-order valence-electron chi connectivity index (χ2n) is 7.44. The van der Waals surface area contributed by atoms with Gasteiger partial charge in [0.2, 0.25) is 5.91 Å². The summed E-state index contributed by atoms with van der Waals surface area (Å²) in [6.45, 7) is 1.92. The van der Waals surface area contributed by atoms with E-state index in [-0.39, 0.29) is 17.2 Å². The number of nitrogens with one attached hydrogen (secondary N) is 2. The lowest BCUT2D eigenvalue weighted by atomic mass is 9.83. The average Bonchev–Trinajstić information content (AvgIpc) is 2.69. The number of hydrogen-bond donors (Lipinski definition) is 2. The molecule has 28 heavy (non-hydrogen) atoms. The number of rotatable bonds is 6. The highest BCUT2D eigenvalue weighted by molar-refractivity contribution is 5.94. The first kappa shape index (κ1) is 18.3. The standard InChI is InChI=1S/C22H24N4O2/c1-2-18(23-19(27)13-14-7-5-8-14)20-22(28)24-21(26-25-20)17-12-6-10-15-9-3-4-11-16(15)17/h3-4,6,9-12,14,18H,2,5,7-8,13H2,1H3,(H,23,27)(H,24,26,28). The fourth-order valence-corrected chi connectivity index (χ4v) is 3.70. The maximum absolute atomic E-state index is 12.7. The monoisotopic (exact) mass is 376 g/mol. The van der Waals surface area contributed by atoms with Gasteiger partial charge in [-0.25, -0.2) is 0 Å². The molecule has 2 N–H and O–H groups in total. The zero-order valence-electron chi connectivity index (χ0n) is 15.9. The minimum Gasteiger partial charge on any atom is -0.347 e. The number of aromatic nitrogens is 3. The van der Waals surface area contributed by atoms with Gasteiger partial charge in [-0.1, -0.05) is 55.8 Å². The quantitative estimate of drug-likeness (QED) is 0.686. The van der Waals surface area contributed by atoms with Gasteiger partial charge in [0, 0.05) is 12.0 Å². The summed E-state index contributed by atoms with van der Waals surface area (Å²) in [5, 5.41) is 13.5. The first-order valence-electron chi connectivity index (χ1n) is 9.90. The second-order valence-corrected chi connectivity index (χ2v) is 7.44. The van der Waals surface area contributed by atoms with Gasteiger partial charge in [-0.2, -0.15) is 0 Å². The summed E-state index contributed by atoms with van der Waals surface area (Å²) in [5.41, 5.74) is 0.776. The Morgan fingerprint density at radius 3 is 2.68 bits per heavy atom. The molecule has 0 radical (unpaired) electrons. The Bertz CT molecular complexity index is 1050. The Balaban J connectivity index is 1.59. The van der Waals surface area contributed by atoms with E-state index in [0.29, 0.717) is 24.6 Å². The first-order chi connectivity index (χ1) is 13.7. The smallest absolute Gasteiger partial charge is 0.275 e. The zero-order valence-corrected chi connectivity index (χ0v) is 15.9. The maximum Gasteiger partial charge on any atom is 0.275 e. The van der Waals surface area contributed by atoms with E-state index in [4.69, 9.17) is 0 Å². The van der Waals surface area contributed by atoms with Crippen LogP contribution >= 0.6 is 0 Å². The number of carbonyl (C=O) groups excluding carboxylic acids is 1. The summed E-state index contributed by atoms with van der Waals surface area (Å²) in [6, 6.07) is 13.4. The van der Waals surface area contributed by atoms with Crippen LogP contribution in [0.3, 0.4) is 0 Å². The van der Waals surface area contributed by atoms with Crippen LogP contribution in [0.5, 0.6) is 0 Å². The van der Waals surface area contributed by atoms with E-state index in [1.165, 1.54) is 6.42 Å². The third-order valence-corrected chi connectivity index (χ3v) is 5.54. The number of H-pyrrole nitrogens is 1. The molecule has 0 aliphatic heterocycles. The highest BCUT2D eigenvalue weighted by Gasteiger charge is 2.24. The molecule has 4 rings (SSSR count). The van der Waals surface area contributed by atoms with Gasteiger partial charge >= 0.3 is 0 Å². The molecule has 1 heterocycles. The highest BCUT2D eigenvalue weighted by atomic mass is 16.2. The van der Waals surface area contributed by atoms with Crippen LogP contribution in [0.25, 0.3) is 22.2 Å². The van der Waals surface area contributed by atoms with Gasteiger partial charge in [-0.05, 0) is 36.0 Å². The van der Waals surface area contributed by atoms with Crippen LogP contribution < -0.4 is 10.9 Å². The largest absolute Gasteiger partial charge is 0.347 e. The van der Waals surface area contributed by atoms with Crippen LogP contribution in [0, 0.1) is 5.92 Å². The van der Waals surface area contributed by atoms with Crippen molar-refractivity contribution < 1.29 is 4.79 Å². The minimum absolute atomic E-state index is 0.0177. The molecule has 1 saturated carbocycles. The van der Waals surface area contributed by atoms with Gasteiger partial charge in [0.1, 0.15) is 0 Å². The lowest BCUT2D eigenvalue weighted by molar-refractivity contribution is -0.123. The van der Waals surface area contributed by atoms with Gasteiger partial charge in [-0.15, -0.1) is 10.2 Å². The van der Waals surface area contributed by atoms with E-state index >= 15 is 0 Å². The maximum atomic E-state index is 12.7. The summed E-state index contributed by atoms with van der Waals surface area (Å²) in [7, 11) is 0. The van der Waals surface area contributed by atoms with Crippen molar-refractivity contribution in [1.29, 1.82) is 0 Å². The van der Waals surface area contributed by atoms with E-state index < -0.39 is 6.04 Å². The number of nitrogens with zero attached hydrogens (tertiary/aromatic N) is 2. The van der Waals surface area contributed by atoms with Crippen LogP contribution in [0.2, 0.25) is 0 Å². The topological polar surface area (TPSA) is 87.7 Å². The number of carbonyl (C=O) groups is 1. The average molecular weight is 376 g/mol. The van der Waals surface area contributed by atoms with E-state index in [0.717, 1.165) is 29.2 Å². The van der Waals surface area contributed by atoms with Gasteiger partial charge in [0.25, 0.3) is 5.56 Å². The highest BCUT2D eigenvalue weighted by Crippen LogP contribution is 2.29. The Hall–Kier alpha value is -3.02. The molecule has 144 valence electrons. The van der Waals surface area contributed by atoms with E-state index in [1.807, 2.05) is 49.4 Å². The molecule has 1 aromatic heterocycles. The summed E-state index contributed by atoms with van der Waals surface area (Å²) in [5.74, 6) is 0.896. The van der Waals surface area contributed by atoms with Gasteiger partial charge in [-0.3, -0.25) is 9.59 Å². The lowest BCUT2D eigenvalue weighted by Gasteiger charge is -2.25. The van der Waals surface area contributed by atoms with Crippen LogP contribution in [0.4, 0.5) is 0 Å². The zero-order chi connectivity index (χ0) is 19.5. The van der Waals surface area contributed by atoms with Crippen molar-refractivity contribution in [2.24, 2.45) is 5.92 Å².